The Morgan fingerprint density at radius 3 is 2.56 bits per heavy atom. The number of esters is 1. The minimum Gasteiger partial charge on any atom is -0.466 e. The van der Waals surface area contributed by atoms with Crippen LogP contribution in [0.2, 0.25) is 0 Å². The predicted molar refractivity (Wildman–Crippen MR) is 71.5 cm³/mol. The first kappa shape index (κ1) is 13.9. The fraction of sp³-hybridized carbons (Fsp3) is 0.933. The maximum atomic E-state index is 11.7. The molecular weight excluding hydrogens is 226 g/mol. The van der Waals surface area contributed by atoms with Gasteiger partial charge in [0.05, 0.1) is 31.7 Å². The van der Waals surface area contributed by atoms with Crippen LogP contribution in [0.5, 0.6) is 0 Å². The Kier molecular flexibility index (Phi) is 5.04. The molecular formula is C15H28NO2+. The highest BCUT2D eigenvalue weighted by Gasteiger charge is 2.34. The molecule has 3 heteroatoms. The molecule has 1 saturated heterocycles. The van der Waals surface area contributed by atoms with Gasteiger partial charge in [-0.2, -0.15) is 0 Å². The van der Waals surface area contributed by atoms with Crippen LogP contribution < -0.4 is 4.90 Å². The van der Waals surface area contributed by atoms with Crippen LogP contribution in [0.3, 0.4) is 0 Å². The molecule has 2 fully saturated rings. The normalized spacial score (nSPS) is 37.2. The highest BCUT2D eigenvalue weighted by atomic mass is 16.5. The zero-order valence-electron chi connectivity index (χ0n) is 11.9. The largest absolute Gasteiger partial charge is 0.466 e. The number of nitrogens with one attached hydrogen (secondary N) is 1. The molecule has 3 nitrogen and oxygen atoms in total. The summed E-state index contributed by atoms with van der Waals surface area (Å²) >= 11 is 0. The van der Waals surface area contributed by atoms with Crippen molar-refractivity contribution >= 4 is 5.97 Å². The molecule has 0 aromatic heterocycles. The zero-order valence-corrected chi connectivity index (χ0v) is 11.9. The van der Waals surface area contributed by atoms with E-state index in [0.29, 0.717) is 6.61 Å². The third-order valence-electron chi connectivity index (χ3n) is 4.76. The predicted octanol–water partition coefficient (Wildman–Crippen LogP) is 1.42. The summed E-state index contributed by atoms with van der Waals surface area (Å²) in [5.41, 5.74) is 0. The lowest BCUT2D eigenvalue weighted by atomic mass is 9.84. The highest BCUT2D eigenvalue weighted by molar-refractivity contribution is 5.72. The monoisotopic (exact) mass is 254 g/mol. The first-order valence-corrected chi connectivity index (χ1v) is 7.72. The van der Waals surface area contributed by atoms with E-state index < -0.39 is 0 Å². The summed E-state index contributed by atoms with van der Waals surface area (Å²) in [4.78, 5) is 13.5. The molecule has 0 spiro atoms. The third-order valence-corrected chi connectivity index (χ3v) is 4.76. The van der Waals surface area contributed by atoms with Crippen LogP contribution in [0.1, 0.15) is 52.4 Å². The molecule has 0 radical (unpaired) electrons. The Hall–Kier alpha value is -0.570. The Balaban J connectivity index is 1.77. The molecule has 0 aromatic carbocycles. The Bertz CT molecular complexity index is 272. The van der Waals surface area contributed by atoms with Crippen LogP contribution in [0, 0.1) is 11.8 Å². The lowest BCUT2D eigenvalue weighted by molar-refractivity contribution is -0.932. The SMILES string of the molecule is CCOC(=O)C1CC[NH+]([C@@H]2CCC[C@H](C)C2)CC1. The molecule has 1 aliphatic heterocycles. The van der Waals surface area contributed by atoms with E-state index in [-0.39, 0.29) is 11.9 Å². The van der Waals surface area contributed by atoms with Crippen molar-refractivity contribution in [3.05, 3.63) is 0 Å². The number of carbonyl (C=O) groups is 1. The molecule has 18 heavy (non-hydrogen) atoms. The second kappa shape index (κ2) is 6.55. The van der Waals surface area contributed by atoms with E-state index >= 15 is 0 Å². The summed E-state index contributed by atoms with van der Waals surface area (Å²) in [5, 5.41) is 0. The van der Waals surface area contributed by atoms with E-state index in [1.165, 1.54) is 38.8 Å². The van der Waals surface area contributed by atoms with Crippen LogP contribution in [0.15, 0.2) is 0 Å². The summed E-state index contributed by atoms with van der Waals surface area (Å²) in [6, 6.07) is 0.858. The van der Waals surface area contributed by atoms with Gasteiger partial charge in [-0.1, -0.05) is 13.3 Å². The minimum atomic E-state index is 0.0357. The average Bonchev–Trinajstić information content (AvgIpc) is 2.39. The topological polar surface area (TPSA) is 30.7 Å². The first-order valence-electron chi connectivity index (χ1n) is 7.72. The van der Waals surface area contributed by atoms with Gasteiger partial charge in [0.25, 0.3) is 0 Å². The van der Waals surface area contributed by atoms with Crippen molar-refractivity contribution in [1.29, 1.82) is 0 Å². The van der Waals surface area contributed by atoms with Crippen molar-refractivity contribution in [3.8, 4) is 0 Å². The van der Waals surface area contributed by atoms with Gasteiger partial charge in [0, 0.05) is 19.3 Å². The van der Waals surface area contributed by atoms with Crippen molar-refractivity contribution < 1.29 is 14.4 Å². The molecule has 0 aromatic rings. The lowest BCUT2D eigenvalue weighted by Gasteiger charge is -2.37. The lowest BCUT2D eigenvalue weighted by Crippen LogP contribution is -3.17. The van der Waals surface area contributed by atoms with Gasteiger partial charge < -0.3 is 9.64 Å². The standard InChI is InChI=1S/C15H27NO2/c1-3-18-15(17)13-7-9-16(10-8-13)14-6-4-5-12(2)11-14/h12-14H,3-11H2,1-2H3/p+1/t12-,14+/m0/s1. The van der Waals surface area contributed by atoms with Gasteiger partial charge in [0.15, 0.2) is 0 Å². The van der Waals surface area contributed by atoms with E-state index in [1.54, 1.807) is 4.90 Å². The van der Waals surface area contributed by atoms with Crippen LogP contribution >= 0.6 is 0 Å². The maximum absolute atomic E-state index is 11.7. The molecule has 1 saturated carbocycles. The number of quaternary nitrogens is 1. The smallest absolute Gasteiger partial charge is 0.309 e. The summed E-state index contributed by atoms with van der Waals surface area (Å²) < 4.78 is 5.13. The van der Waals surface area contributed by atoms with Crippen molar-refractivity contribution in [2.45, 2.75) is 58.4 Å². The van der Waals surface area contributed by atoms with E-state index in [1.807, 2.05) is 6.92 Å². The molecule has 1 N–H and O–H groups in total. The molecule has 0 unspecified atom stereocenters. The van der Waals surface area contributed by atoms with Gasteiger partial charge in [0.1, 0.15) is 0 Å². The summed E-state index contributed by atoms with van der Waals surface area (Å²) in [6.07, 6.45) is 7.65. The van der Waals surface area contributed by atoms with Crippen LogP contribution in [-0.2, 0) is 9.53 Å². The van der Waals surface area contributed by atoms with Crippen LogP contribution in [0.4, 0.5) is 0 Å². The summed E-state index contributed by atoms with van der Waals surface area (Å²) in [5.74, 6) is 1.11. The zero-order chi connectivity index (χ0) is 13.0. The van der Waals surface area contributed by atoms with Gasteiger partial charge in [-0.15, -0.1) is 0 Å². The van der Waals surface area contributed by atoms with Crippen molar-refractivity contribution in [2.24, 2.45) is 11.8 Å². The second-order valence-electron chi connectivity index (χ2n) is 6.15. The molecule has 0 amide bonds. The number of piperidine rings is 1. The molecule has 2 rings (SSSR count). The molecule has 1 aliphatic carbocycles. The van der Waals surface area contributed by atoms with Crippen LogP contribution in [0.25, 0.3) is 0 Å². The van der Waals surface area contributed by atoms with E-state index in [0.717, 1.165) is 24.8 Å². The number of hydrogen-bond donors (Lipinski definition) is 1. The van der Waals surface area contributed by atoms with Gasteiger partial charge >= 0.3 is 5.97 Å². The fourth-order valence-corrected chi connectivity index (χ4v) is 3.70. The number of likely N-dealkylation sites (tertiary alicyclic amines) is 1. The first-order chi connectivity index (χ1) is 8.70. The number of carbonyl (C=O) groups excluding carboxylic acids is 1. The third kappa shape index (κ3) is 3.47. The number of rotatable bonds is 3. The Labute approximate surface area is 111 Å². The van der Waals surface area contributed by atoms with Crippen LogP contribution in [-0.4, -0.2) is 31.7 Å². The van der Waals surface area contributed by atoms with Gasteiger partial charge in [-0.05, 0) is 25.7 Å². The molecule has 0 bridgehead atoms. The van der Waals surface area contributed by atoms with E-state index in [9.17, 15) is 4.79 Å². The quantitative estimate of drug-likeness (QED) is 0.772. The van der Waals surface area contributed by atoms with E-state index in [4.69, 9.17) is 4.74 Å². The molecule has 2 aliphatic rings. The summed E-state index contributed by atoms with van der Waals surface area (Å²) in [7, 11) is 0. The molecule has 104 valence electrons. The Morgan fingerprint density at radius 1 is 1.22 bits per heavy atom. The highest BCUT2D eigenvalue weighted by Crippen LogP contribution is 2.23. The Morgan fingerprint density at radius 2 is 1.94 bits per heavy atom. The maximum Gasteiger partial charge on any atom is 0.309 e. The molecule has 2 atom stereocenters. The average molecular weight is 254 g/mol. The van der Waals surface area contributed by atoms with Gasteiger partial charge in [0.2, 0.25) is 0 Å². The van der Waals surface area contributed by atoms with E-state index in [2.05, 4.69) is 6.92 Å². The van der Waals surface area contributed by atoms with Gasteiger partial charge in [-0.25, -0.2) is 0 Å². The number of hydrogen-bond acceptors (Lipinski definition) is 2. The minimum absolute atomic E-state index is 0.0357. The van der Waals surface area contributed by atoms with Crippen molar-refractivity contribution in [1.82, 2.24) is 0 Å². The number of ether oxygens (including phenoxy) is 1. The molecule has 1 heterocycles. The van der Waals surface area contributed by atoms with Gasteiger partial charge in [-0.3, -0.25) is 4.79 Å². The fourth-order valence-electron chi connectivity index (χ4n) is 3.70. The van der Waals surface area contributed by atoms with Crippen molar-refractivity contribution in [3.63, 3.8) is 0 Å². The summed E-state index contributed by atoms with van der Waals surface area (Å²) in [6.45, 7) is 7.13. The van der Waals surface area contributed by atoms with Crippen molar-refractivity contribution in [2.75, 3.05) is 19.7 Å². The second-order valence-corrected chi connectivity index (χ2v) is 6.15.